The van der Waals surface area contributed by atoms with E-state index in [1.54, 1.807) is 37.5 Å². The van der Waals surface area contributed by atoms with Crippen molar-refractivity contribution in [1.29, 1.82) is 0 Å². The summed E-state index contributed by atoms with van der Waals surface area (Å²) in [6, 6.07) is 5.38. The zero-order chi connectivity index (χ0) is 19.0. The number of hydrogen-bond donors (Lipinski definition) is 1. The van der Waals surface area contributed by atoms with Crippen LogP contribution in [0.25, 0.3) is 11.0 Å². The Morgan fingerprint density at radius 1 is 1.30 bits per heavy atom. The number of aromatic nitrogens is 3. The normalized spacial score (nSPS) is 15.9. The van der Waals surface area contributed by atoms with E-state index in [0.29, 0.717) is 16.6 Å². The summed E-state index contributed by atoms with van der Waals surface area (Å²) >= 11 is 0. The van der Waals surface area contributed by atoms with Gasteiger partial charge in [-0.3, -0.25) is 19.6 Å². The summed E-state index contributed by atoms with van der Waals surface area (Å²) in [5, 5.41) is 0. The number of fused-ring (bicyclic) bond motifs is 2. The largest absolute Gasteiger partial charge is 0.462 e. The minimum absolute atomic E-state index is 0.0100. The molecule has 27 heavy (non-hydrogen) atoms. The van der Waals surface area contributed by atoms with Crippen LogP contribution in [0.2, 0.25) is 0 Å². The van der Waals surface area contributed by atoms with Crippen molar-refractivity contribution in [1.82, 2.24) is 15.0 Å². The lowest BCUT2D eigenvalue weighted by Crippen LogP contribution is -2.30. The van der Waals surface area contributed by atoms with Gasteiger partial charge in [0.15, 0.2) is 5.75 Å². The number of hydrogen-bond acceptors (Lipinski definition) is 7. The maximum Gasteiger partial charge on any atom is 0.343 e. The highest BCUT2D eigenvalue weighted by Gasteiger charge is 2.35. The van der Waals surface area contributed by atoms with E-state index in [1.807, 2.05) is 0 Å². The third kappa shape index (κ3) is 2.84. The first-order valence-corrected chi connectivity index (χ1v) is 8.43. The molecule has 1 atom stereocenters. The standard InChI is InChI=1S/C19H15N3O5/c1-2-26-19(25)12-9-22-18(24)15-11(8-14(23)27-17(12)15)10-4-3-5-13-16(10)21-7-6-20-13/h3-7,9,11H,2,8H2,1H3,(H,22,24)/t11-/m0/s1. The van der Waals surface area contributed by atoms with Crippen molar-refractivity contribution in [3.05, 3.63) is 63.8 Å². The Morgan fingerprint density at radius 3 is 2.93 bits per heavy atom. The highest BCUT2D eigenvalue weighted by molar-refractivity contribution is 5.95. The molecule has 0 radical (unpaired) electrons. The summed E-state index contributed by atoms with van der Waals surface area (Å²) in [6.45, 7) is 1.82. The van der Waals surface area contributed by atoms with E-state index in [2.05, 4.69) is 15.0 Å². The molecule has 1 aliphatic rings. The fraction of sp³-hybridized carbons (Fsp3) is 0.211. The van der Waals surface area contributed by atoms with Crippen LogP contribution in [0.1, 0.15) is 40.7 Å². The monoisotopic (exact) mass is 365 g/mol. The first-order chi connectivity index (χ1) is 13.1. The average Bonchev–Trinajstić information content (AvgIpc) is 2.67. The van der Waals surface area contributed by atoms with Crippen LogP contribution in [0.15, 0.2) is 41.6 Å². The lowest BCUT2D eigenvalue weighted by atomic mass is 9.85. The summed E-state index contributed by atoms with van der Waals surface area (Å²) < 4.78 is 10.3. The van der Waals surface area contributed by atoms with E-state index >= 15 is 0 Å². The number of pyridine rings is 1. The third-order valence-corrected chi connectivity index (χ3v) is 4.42. The zero-order valence-electron chi connectivity index (χ0n) is 14.4. The van der Waals surface area contributed by atoms with Crippen molar-refractivity contribution in [2.75, 3.05) is 6.61 Å². The first kappa shape index (κ1) is 16.9. The number of H-pyrrole nitrogens is 1. The second kappa shape index (κ2) is 6.64. The van der Waals surface area contributed by atoms with E-state index in [4.69, 9.17) is 9.47 Å². The quantitative estimate of drug-likeness (QED) is 0.706. The molecule has 3 heterocycles. The maximum absolute atomic E-state index is 12.6. The number of rotatable bonds is 3. The minimum atomic E-state index is -0.670. The molecule has 2 aromatic heterocycles. The molecule has 0 fully saturated rings. The predicted molar refractivity (Wildman–Crippen MR) is 94.7 cm³/mol. The molecular formula is C19H15N3O5. The van der Waals surface area contributed by atoms with Gasteiger partial charge in [-0.2, -0.15) is 0 Å². The number of ether oxygens (including phenoxy) is 2. The minimum Gasteiger partial charge on any atom is -0.462 e. The molecule has 8 heteroatoms. The molecule has 1 aliphatic heterocycles. The van der Waals surface area contributed by atoms with Crippen molar-refractivity contribution < 1.29 is 19.1 Å². The van der Waals surface area contributed by atoms with Crippen LogP contribution < -0.4 is 10.3 Å². The van der Waals surface area contributed by atoms with Gasteiger partial charge in [0.25, 0.3) is 5.56 Å². The molecule has 8 nitrogen and oxygen atoms in total. The number of nitrogens with one attached hydrogen (secondary N) is 1. The van der Waals surface area contributed by atoms with Crippen LogP contribution >= 0.6 is 0 Å². The van der Waals surface area contributed by atoms with Gasteiger partial charge in [-0.05, 0) is 18.6 Å². The molecule has 0 unspecified atom stereocenters. The number of nitrogens with zero attached hydrogens (tertiary/aromatic N) is 2. The highest BCUT2D eigenvalue weighted by Crippen LogP contribution is 2.40. The molecule has 0 bridgehead atoms. The molecular weight excluding hydrogens is 350 g/mol. The van der Waals surface area contributed by atoms with E-state index in [9.17, 15) is 14.4 Å². The summed E-state index contributed by atoms with van der Waals surface area (Å²) in [5.41, 5.74) is 1.69. The smallest absolute Gasteiger partial charge is 0.343 e. The van der Waals surface area contributed by atoms with E-state index in [0.717, 1.165) is 0 Å². The highest BCUT2D eigenvalue weighted by atomic mass is 16.5. The van der Waals surface area contributed by atoms with Crippen molar-refractivity contribution in [2.24, 2.45) is 0 Å². The van der Waals surface area contributed by atoms with Crippen LogP contribution in [0.3, 0.4) is 0 Å². The van der Waals surface area contributed by atoms with E-state index < -0.39 is 23.4 Å². The van der Waals surface area contributed by atoms with Gasteiger partial charge in [0.2, 0.25) is 0 Å². The lowest BCUT2D eigenvalue weighted by Gasteiger charge is -2.25. The molecule has 4 rings (SSSR count). The number of carbonyl (C=O) groups is 2. The van der Waals surface area contributed by atoms with E-state index in [-0.39, 0.29) is 29.9 Å². The molecule has 0 aliphatic carbocycles. The molecule has 136 valence electrons. The molecule has 0 saturated heterocycles. The maximum atomic E-state index is 12.6. The Hall–Kier alpha value is -3.55. The topological polar surface area (TPSA) is 111 Å². The number of aromatic amines is 1. The second-order valence-electron chi connectivity index (χ2n) is 6.00. The summed E-state index contributed by atoms with van der Waals surface area (Å²) in [4.78, 5) is 48.3. The van der Waals surface area contributed by atoms with Crippen LogP contribution in [0.5, 0.6) is 5.75 Å². The Morgan fingerprint density at radius 2 is 2.11 bits per heavy atom. The second-order valence-corrected chi connectivity index (χ2v) is 6.00. The Kier molecular flexibility index (Phi) is 4.15. The molecule has 0 saturated carbocycles. The number of carbonyl (C=O) groups excluding carboxylic acids is 2. The number of para-hydroxylation sites is 1. The van der Waals surface area contributed by atoms with Gasteiger partial charge >= 0.3 is 11.9 Å². The van der Waals surface area contributed by atoms with Gasteiger partial charge in [-0.1, -0.05) is 12.1 Å². The summed E-state index contributed by atoms with van der Waals surface area (Å²) in [7, 11) is 0. The molecule has 0 spiro atoms. The lowest BCUT2D eigenvalue weighted by molar-refractivity contribution is -0.135. The molecule has 3 aromatic rings. The van der Waals surface area contributed by atoms with Gasteiger partial charge in [-0.25, -0.2) is 4.79 Å². The fourth-order valence-electron chi connectivity index (χ4n) is 3.30. The Bertz CT molecular complexity index is 1120. The van der Waals surface area contributed by atoms with Crippen LogP contribution in [-0.4, -0.2) is 33.5 Å². The van der Waals surface area contributed by atoms with Gasteiger partial charge < -0.3 is 14.5 Å². The number of benzene rings is 1. The van der Waals surface area contributed by atoms with Crippen molar-refractivity contribution in [3.8, 4) is 5.75 Å². The summed E-state index contributed by atoms with van der Waals surface area (Å²) in [6.07, 6.45) is 4.28. The van der Waals surface area contributed by atoms with E-state index in [1.165, 1.54) is 6.20 Å². The average molecular weight is 365 g/mol. The van der Waals surface area contributed by atoms with Gasteiger partial charge in [0.05, 0.1) is 29.6 Å². The van der Waals surface area contributed by atoms with Crippen molar-refractivity contribution >= 4 is 23.0 Å². The third-order valence-electron chi connectivity index (χ3n) is 4.42. The van der Waals surface area contributed by atoms with Gasteiger partial charge in [-0.15, -0.1) is 0 Å². The van der Waals surface area contributed by atoms with Crippen molar-refractivity contribution in [2.45, 2.75) is 19.3 Å². The predicted octanol–water partition coefficient (Wildman–Crippen LogP) is 1.94. The Balaban J connectivity index is 1.96. The van der Waals surface area contributed by atoms with Crippen molar-refractivity contribution in [3.63, 3.8) is 0 Å². The SMILES string of the molecule is CCOC(=O)c1c[nH]c(=O)c2c1OC(=O)C[C@H]2c1cccc2nccnc12. The van der Waals surface area contributed by atoms with Crippen LogP contribution in [0, 0.1) is 0 Å². The van der Waals surface area contributed by atoms with Crippen LogP contribution in [0.4, 0.5) is 0 Å². The summed E-state index contributed by atoms with van der Waals surface area (Å²) in [5.74, 6) is -1.88. The fourth-order valence-corrected chi connectivity index (χ4v) is 3.30. The first-order valence-electron chi connectivity index (χ1n) is 8.43. The van der Waals surface area contributed by atoms with Gasteiger partial charge in [0, 0.05) is 24.5 Å². The molecule has 0 amide bonds. The Labute approximate surface area is 153 Å². The van der Waals surface area contributed by atoms with Crippen LogP contribution in [-0.2, 0) is 9.53 Å². The molecule has 1 N–H and O–H groups in total. The molecule has 1 aromatic carbocycles. The van der Waals surface area contributed by atoms with Gasteiger partial charge in [0.1, 0.15) is 5.56 Å². The zero-order valence-corrected chi connectivity index (χ0v) is 14.4. The number of esters is 2.